The number of nitro benzene ring substituents is 2. The van der Waals surface area contributed by atoms with Crippen LogP contribution >= 0.6 is 0 Å². The predicted octanol–water partition coefficient (Wildman–Crippen LogP) is 11.4. The number of non-ortho nitro benzene ring substituents is 2. The van der Waals surface area contributed by atoms with Gasteiger partial charge in [-0.3, -0.25) is 50.3 Å². The van der Waals surface area contributed by atoms with Gasteiger partial charge >= 0.3 is 0 Å². The fourth-order valence-corrected chi connectivity index (χ4v) is 11.8. The van der Waals surface area contributed by atoms with E-state index in [2.05, 4.69) is 10.6 Å². The van der Waals surface area contributed by atoms with Gasteiger partial charge in [-0.2, -0.15) is 0 Å². The molecule has 66 heavy (non-hydrogen) atoms. The van der Waals surface area contributed by atoms with Crippen molar-refractivity contribution in [1.29, 1.82) is 0 Å². The maximum absolute atomic E-state index is 14.5. The number of hydrogen-bond acceptors (Lipinski definition) is 8. The van der Waals surface area contributed by atoms with Gasteiger partial charge in [-0.25, -0.2) is 0 Å². The highest BCUT2D eigenvalue weighted by Gasteiger charge is 2.57. The first-order chi connectivity index (χ1) is 32.1. The molecular formula is C54H54N6O6. The summed E-state index contributed by atoms with van der Waals surface area (Å²) in [4.78, 5) is 55.1. The van der Waals surface area contributed by atoms with Gasteiger partial charge in [-0.05, 0) is 171 Å². The third-order valence-electron chi connectivity index (χ3n) is 14.2. The van der Waals surface area contributed by atoms with E-state index in [1.165, 1.54) is 30.7 Å². The summed E-state index contributed by atoms with van der Waals surface area (Å²) in [6.07, 6.45) is 7.59. The van der Waals surface area contributed by atoms with Crippen molar-refractivity contribution in [3.05, 3.63) is 212 Å². The molecule has 336 valence electrons. The Morgan fingerprint density at radius 2 is 0.848 bits per heavy atom. The molecule has 4 fully saturated rings. The summed E-state index contributed by atoms with van der Waals surface area (Å²) in [6, 6.07) is 50.5. The molecule has 6 aromatic carbocycles. The second-order valence-electron chi connectivity index (χ2n) is 18.6. The Morgan fingerprint density at radius 3 is 1.18 bits per heavy atom. The fourth-order valence-electron chi connectivity index (χ4n) is 11.8. The first-order valence-electron chi connectivity index (χ1n) is 22.9. The molecule has 10 rings (SSSR count). The number of amides is 2. The summed E-state index contributed by atoms with van der Waals surface area (Å²) in [7, 11) is 0. The number of nitro groups is 2. The molecule has 0 saturated heterocycles. The SMILES string of the molecule is O=C(c1ccccc1)N(c1ccccc1)C(NCCC12CC3CC(C1)CC(CCNC(c1ccc([N+](=O)[O-])cc1)N(C(=O)c1ccccc1)c1ccccc1)(C3)C2)c1ccc([N+](=O)[O-])cc1. The molecule has 2 unspecified atom stereocenters. The molecule has 4 bridgehead atoms. The number of benzene rings is 6. The first kappa shape index (κ1) is 44.2. The molecule has 6 aromatic rings. The molecule has 12 heteroatoms. The Morgan fingerprint density at radius 1 is 0.515 bits per heavy atom. The average molecular weight is 883 g/mol. The molecule has 4 aliphatic rings. The number of carbonyl (C=O) groups excluding carboxylic acids is 2. The Kier molecular flexibility index (Phi) is 12.9. The Balaban J connectivity index is 0.967. The van der Waals surface area contributed by atoms with Crippen LogP contribution in [0.1, 0.15) is 95.5 Å². The van der Waals surface area contributed by atoms with Crippen LogP contribution in [0.2, 0.25) is 0 Å². The van der Waals surface area contributed by atoms with Gasteiger partial charge in [-0.1, -0.05) is 72.8 Å². The third kappa shape index (κ3) is 9.52. The highest BCUT2D eigenvalue weighted by atomic mass is 16.6. The Hall–Kier alpha value is -7.02. The summed E-state index contributed by atoms with van der Waals surface area (Å²) in [5, 5.41) is 31.0. The molecule has 0 heterocycles. The van der Waals surface area contributed by atoms with Crippen molar-refractivity contribution in [3.8, 4) is 0 Å². The minimum absolute atomic E-state index is 0.0128. The second kappa shape index (κ2) is 19.2. The number of hydrogen-bond donors (Lipinski definition) is 2. The second-order valence-corrected chi connectivity index (χ2v) is 18.6. The molecule has 2 atom stereocenters. The van der Waals surface area contributed by atoms with E-state index in [-0.39, 0.29) is 34.0 Å². The van der Waals surface area contributed by atoms with E-state index >= 15 is 0 Å². The topological polar surface area (TPSA) is 151 Å². The summed E-state index contributed by atoms with van der Waals surface area (Å²) >= 11 is 0. The van der Waals surface area contributed by atoms with E-state index in [4.69, 9.17) is 0 Å². The zero-order chi connectivity index (χ0) is 45.7. The third-order valence-corrected chi connectivity index (χ3v) is 14.2. The lowest BCUT2D eigenvalue weighted by atomic mass is 9.43. The molecule has 2 amide bonds. The van der Waals surface area contributed by atoms with Crippen LogP contribution in [0, 0.1) is 42.9 Å². The van der Waals surface area contributed by atoms with Crippen molar-refractivity contribution >= 4 is 34.6 Å². The smallest absolute Gasteiger partial charge is 0.269 e. The van der Waals surface area contributed by atoms with Crippen LogP contribution < -0.4 is 20.4 Å². The molecule has 0 aliphatic heterocycles. The van der Waals surface area contributed by atoms with Gasteiger partial charge in [0.05, 0.1) is 9.85 Å². The van der Waals surface area contributed by atoms with Gasteiger partial charge in [0.1, 0.15) is 12.3 Å². The zero-order valence-electron chi connectivity index (χ0n) is 36.8. The van der Waals surface area contributed by atoms with Gasteiger partial charge in [0.2, 0.25) is 0 Å². The number of nitrogens with one attached hydrogen (secondary N) is 2. The molecule has 12 nitrogen and oxygen atoms in total. The largest absolute Gasteiger partial charge is 0.293 e. The van der Waals surface area contributed by atoms with Crippen LogP contribution in [0.5, 0.6) is 0 Å². The van der Waals surface area contributed by atoms with Crippen molar-refractivity contribution < 1.29 is 19.4 Å². The highest BCUT2D eigenvalue weighted by Crippen LogP contribution is 2.67. The predicted molar refractivity (Wildman–Crippen MR) is 256 cm³/mol. The van der Waals surface area contributed by atoms with Gasteiger partial charge < -0.3 is 0 Å². The summed E-state index contributed by atoms with van der Waals surface area (Å²) in [5.41, 5.74) is 4.20. The standard InChI is InChI=1S/C54H54N6O6/c61-51(43-13-5-1-6-14-43)57(45-17-9-3-10-18-45)49(41-21-25-47(26-22-41)59(63)64)55-31-29-53-34-39-33-40(35-53)37-54(36-39,38-53)30-32-56-50(42-23-27-48(28-24-42)60(65)66)58(46-19-11-4-12-20-46)52(62)44-15-7-2-8-16-44/h1-28,39-40,49-50,55-56H,29-38H2. The number of carbonyl (C=O) groups is 2. The maximum Gasteiger partial charge on any atom is 0.269 e. The van der Waals surface area contributed by atoms with E-state index in [9.17, 15) is 29.8 Å². The molecule has 4 aliphatic carbocycles. The lowest BCUT2D eigenvalue weighted by Crippen LogP contribution is -2.54. The van der Waals surface area contributed by atoms with E-state index in [1.54, 1.807) is 34.1 Å². The van der Waals surface area contributed by atoms with Crippen LogP contribution in [0.3, 0.4) is 0 Å². The van der Waals surface area contributed by atoms with Gasteiger partial charge in [0, 0.05) is 46.8 Å². The lowest BCUT2D eigenvalue weighted by molar-refractivity contribution is -0.385. The normalized spacial score (nSPS) is 21.4. The van der Waals surface area contributed by atoms with Gasteiger partial charge in [0.25, 0.3) is 23.2 Å². The summed E-state index contributed by atoms with van der Waals surface area (Å²) in [6.45, 7) is 1.27. The summed E-state index contributed by atoms with van der Waals surface area (Å²) < 4.78 is 0. The van der Waals surface area contributed by atoms with E-state index in [0.717, 1.165) is 56.1 Å². The van der Waals surface area contributed by atoms with Gasteiger partial charge in [-0.15, -0.1) is 0 Å². The molecule has 0 spiro atoms. The Labute approximate surface area is 385 Å². The minimum atomic E-state index is -0.601. The van der Waals surface area contributed by atoms with Crippen LogP contribution in [0.15, 0.2) is 170 Å². The van der Waals surface area contributed by atoms with Crippen molar-refractivity contribution in [1.82, 2.24) is 10.6 Å². The van der Waals surface area contributed by atoms with Crippen molar-refractivity contribution in [2.75, 3.05) is 22.9 Å². The molecule has 0 aromatic heterocycles. The summed E-state index contributed by atoms with van der Waals surface area (Å²) in [5.74, 6) is 0.871. The monoisotopic (exact) mass is 882 g/mol. The van der Waals surface area contributed by atoms with E-state index in [1.807, 2.05) is 121 Å². The maximum atomic E-state index is 14.5. The molecule has 4 saturated carbocycles. The fraction of sp³-hybridized carbons (Fsp3) is 0.296. The zero-order valence-corrected chi connectivity index (χ0v) is 36.8. The van der Waals surface area contributed by atoms with Crippen LogP contribution in [-0.2, 0) is 0 Å². The lowest BCUT2D eigenvalue weighted by Gasteiger charge is -2.63. The van der Waals surface area contributed by atoms with Gasteiger partial charge in [0.15, 0.2) is 0 Å². The number of nitrogens with zero attached hydrogens (tertiary/aromatic N) is 4. The number of para-hydroxylation sites is 2. The van der Waals surface area contributed by atoms with Crippen molar-refractivity contribution in [2.24, 2.45) is 22.7 Å². The van der Waals surface area contributed by atoms with Crippen molar-refractivity contribution in [3.63, 3.8) is 0 Å². The number of rotatable bonds is 18. The van der Waals surface area contributed by atoms with E-state index < -0.39 is 22.2 Å². The van der Waals surface area contributed by atoms with Crippen LogP contribution in [0.25, 0.3) is 0 Å². The van der Waals surface area contributed by atoms with Crippen molar-refractivity contribution in [2.45, 2.75) is 63.7 Å². The van der Waals surface area contributed by atoms with E-state index in [0.29, 0.717) is 47.4 Å². The Bertz CT molecular complexity index is 2440. The first-order valence-corrected chi connectivity index (χ1v) is 22.9. The quantitative estimate of drug-likeness (QED) is 0.0492. The molecule has 0 radical (unpaired) electrons. The molecular weight excluding hydrogens is 829 g/mol. The van der Waals surface area contributed by atoms with Crippen LogP contribution in [0.4, 0.5) is 22.7 Å². The average Bonchev–Trinajstić information content (AvgIpc) is 3.34. The highest BCUT2D eigenvalue weighted by molar-refractivity contribution is 6.07. The number of anilines is 2. The molecule has 2 N–H and O–H groups in total. The minimum Gasteiger partial charge on any atom is -0.293 e. The van der Waals surface area contributed by atoms with Crippen LogP contribution in [-0.4, -0.2) is 34.8 Å².